The van der Waals surface area contributed by atoms with E-state index in [0.717, 1.165) is 18.5 Å². The summed E-state index contributed by atoms with van der Waals surface area (Å²) in [6, 6.07) is 2.51. The van der Waals surface area contributed by atoms with E-state index in [-0.39, 0.29) is 9.87 Å². The molecule has 0 N–H and O–H groups in total. The highest BCUT2D eigenvalue weighted by molar-refractivity contribution is 7.89. The Labute approximate surface area is 167 Å². The van der Waals surface area contributed by atoms with Crippen molar-refractivity contribution in [3.05, 3.63) is 53.9 Å². The summed E-state index contributed by atoms with van der Waals surface area (Å²) in [6.45, 7) is 0.545. The molecule has 1 atom stereocenters. The predicted octanol–water partition coefficient (Wildman–Crippen LogP) is 4.17. The maximum absolute atomic E-state index is 13.8. The van der Waals surface area contributed by atoms with Crippen molar-refractivity contribution < 1.29 is 39.5 Å². The number of nitriles is 1. The van der Waals surface area contributed by atoms with Crippen LogP contribution in [0.3, 0.4) is 0 Å². The van der Waals surface area contributed by atoms with Crippen LogP contribution in [0.2, 0.25) is 0 Å². The third-order valence-corrected chi connectivity index (χ3v) is 5.69. The monoisotopic (exact) mass is 453 g/mol. The number of halogens is 6. The molecule has 0 aliphatic heterocycles. The van der Waals surface area contributed by atoms with Crippen LogP contribution in [0.25, 0.3) is 0 Å². The fourth-order valence-corrected chi connectivity index (χ4v) is 4.22. The number of alkyl halides is 6. The first-order valence-electron chi connectivity index (χ1n) is 8.09. The fraction of sp³-hybridized carbons (Fsp3) is 0.294. The molecule has 1 aromatic heterocycles. The number of aromatic nitrogens is 1. The summed E-state index contributed by atoms with van der Waals surface area (Å²) in [5, 5.41) is 8.88. The van der Waals surface area contributed by atoms with Gasteiger partial charge in [0.05, 0.1) is 5.56 Å². The summed E-state index contributed by atoms with van der Waals surface area (Å²) >= 11 is 0. The Hall–Kier alpha value is -2.85. The van der Waals surface area contributed by atoms with Gasteiger partial charge < -0.3 is 4.74 Å². The number of sulfonamides is 1. The van der Waals surface area contributed by atoms with E-state index in [1.165, 1.54) is 6.92 Å². The number of ether oxygens (including phenoxy) is 1. The van der Waals surface area contributed by atoms with Crippen molar-refractivity contribution in [2.75, 3.05) is 6.54 Å². The number of pyridine rings is 1. The van der Waals surface area contributed by atoms with Gasteiger partial charge in [-0.15, -0.1) is 13.2 Å². The van der Waals surface area contributed by atoms with Crippen LogP contribution in [0.1, 0.15) is 24.1 Å². The Kier molecular flexibility index (Phi) is 6.63. The number of rotatable bonds is 6. The van der Waals surface area contributed by atoms with Crippen molar-refractivity contribution in [3.63, 3.8) is 0 Å². The molecule has 0 amide bonds. The standard InChI is InChI=1S/C17H13F6N3O3S/c1-2-26(30(27,28)14-7-11(8-24)9-25-10-14)15(16(18,19)20)12-3-5-13(6-4-12)29-17(21,22)23/h3-7,9-10,15H,2H2,1H3/t15-/m0/s1. The van der Waals surface area contributed by atoms with Gasteiger partial charge in [-0.3, -0.25) is 4.98 Å². The van der Waals surface area contributed by atoms with Crippen molar-refractivity contribution in [2.45, 2.75) is 30.4 Å². The summed E-state index contributed by atoms with van der Waals surface area (Å²) in [7, 11) is -4.76. The van der Waals surface area contributed by atoms with E-state index in [2.05, 4.69) is 9.72 Å². The molecule has 0 saturated heterocycles. The first-order chi connectivity index (χ1) is 13.8. The van der Waals surface area contributed by atoms with Crippen LogP contribution in [-0.2, 0) is 10.0 Å². The molecule has 0 bridgehead atoms. The van der Waals surface area contributed by atoms with E-state index in [4.69, 9.17) is 5.26 Å². The smallest absolute Gasteiger partial charge is 0.406 e. The summed E-state index contributed by atoms with van der Waals surface area (Å²) < 4.78 is 108. The van der Waals surface area contributed by atoms with Gasteiger partial charge in [0, 0.05) is 18.9 Å². The molecule has 1 aromatic carbocycles. The average Bonchev–Trinajstić information content (AvgIpc) is 2.64. The van der Waals surface area contributed by atoms with Crippen molar-refractivity contribution >= 4 is 10.0 Å². The Morgan fingerprint density at radius 1 is 1.13 bits per heavy atom. The molecule has 6 nitrogen and oxygen atoms in total. The Balaban J connectivity index is 2.52. The SMILES string of the molecule is CCN([C@@H](c1ccc(OC(F)(F)F)cc1)C(F)(F)F)S(=O)(=O)c1cncc(C#N)c1. The minimum atomic E-state index is -5.10. The Morgan fingerprint density at radius 3 is 2.20 bits per heavy atom. The lowest BCUT2D eigenvalue weighted by molar-refractivity contribution is -0.274. The van der Waals surface area contributed by atoms with Crippen LogP contribution in [0.4, 0.5) is 26.3 Å². The van der Waals surface area contributed by atoms with Gasteiger partial charge in [-0.1, -0.05) is 19.1 Å². The van der Waals surface area contributed by atoms with E-state index in [1.54, 1.807) is 6.07 Å². The second-order valence-corrected chi connectivity index (χ2v) is 7.68. The second-order valence-electron chi connectivity index (χ2n) is 5.79. The quantitative estimate of drug-likeness (QED) is 0.614. The van der Waals surface area contributed by atoms with Crippen LogP contribution in [0.5, 0.6) is 5.75 Å². The van der Waals surface area contributed by atoms with Gasteiger partial charge in [0.25, 0.3) is 0 Å². The number of benzene rings is 1. The molecule has 0 aliphatic rings. The van der Waals surface area contributed by atoms with Crippen LogP contribution >= 0.6 is 0 Å². The van der Waals surface area contributed by atoms with Crippen molar-refractivity contribution in [3.8, 4) is 11.8 Å². The van der Waals surface area contributed by atoms with Gasteiger partial charge in [-0.2, -0.15) is 22.7 Å². The molecular formula is C17H13F6N3O3S. The third kappa shape index (κ3) is 5.39. The molecule has 2 rings (SSSR count). The molecule has 1 heterocycles. The van der Waals surface area contributed by atoms with Crippen molar-refractivity contribution in [2.24, 2.45) is 0 Å². The van der Waals surface area contributed by atoms with Gasteiger partial charge in [-0.25, -0.2) is 8.42 Å². The van der Waals surface area contributed by atoms with Crippen LogP contribution in [0.15, 0.2) is 47.6 Å². The summed E-state index contributed by atoms with van der Waals surface area (Å²) in [5.41, 5.74) is -0.795. The van der Waals surface area contributed by atoms with Crippen LogP contribution in [-0.4, -0.2) is 36.8 Å². The van der Waals surface area contributed by atoms with Gasteiger partial charge >= 0.3 is 12.5 Å². The largest absolute Gasteiger partial charge is 0.573 e. The van der Waals surface area contributed by atoms with Gasteiger partial charge in [0.15, 0.2) is 0 Å². The highest BCUT2D eigenvalue weighted by atomic mass is 32.2. The minimum absolute atomic E-state index is 0.130. The molecule has 30 heavy (non-hydrogen) atoms. The zero-order valence-corrected chi connectivity index (χ0v) is 15.9. The number of nitrogens with zero attached hydrogens (tertiary/aromatic N) is 3. The van der Waals surface area contributed by atoms with E-state index in [9.17, 15) is 34.8 Å². The molecule has 13 heteroatoms. The summed E-state index contributed by atoms with van der Waals surface area (Å²) in [5.74, 6) is -0.760. The van der Waals surface area contributed by atoms with E-state index >= 15 is 0 Å². The molecule has 0 radical (unpaired) electrons. The van der Waals surface area contributed by atoms with E-state index < -0.39 is 51.4 Å². The zero-order chi connectivity index (χ0) is 22.7. The third-order valence-electron chi connectivity index (χ3n) is 3.79. The zero-order valence-electron chi connectivity index (χ0n) is 15.1. The molecular weight excluding hydrogens is 440 g/mol. The number of hydrogen-bond donors (Lipinski definition) is 0. The molecule has 0 aliphatic carbocycles. The number of hydrogen-bond acceptors (Lipinski definition) is 5. The first-order valence-corrected chi connectivity index (χ1v) is 9.53. The first kappa shape index (κ1) is 23.4. The van der Waals surface area contributed by atoms with Crippen molar-refractivity contribution in [1.82, 2.24) is 9.29 Å². The van der Waals surface area contributed by atoms with Gasteiger partial charge in [-0.05, 0) is 23.8 Å². The summed E-state index contributed by atoms with van der Waals surface area (Å²) in [6.07, 6.45) is -8.30. The van der Waals surface area contributed by atoms with E-state index in [1.807, 2.05) is 0 Å². The maximum Gasteiger partial charge on any atom is 0.573 e. The average molecular weight is 453 g/mol. The predicted molar refractivity (Wildman–Crippen MR) is 90.4 cm³/mol. The molecule has 0 fully saturated rings. The molecule has 0 unspecified atom stereocenters. The minimum Gasteiger partial charge on any atom is -0.406 e. The lowest BCUT2D eigenvalue weighted by atomic mass is 10.1. The van der Waals surface area contributed by atoms with E-state index in [0.29, 0.717) is 24.3 Å². The molecule has 0 saturated carbocycles. The van der Waals surface area contributed by atoms with Crippen LogP contribution in [0, 0.1) is 11.3 Å². The molecule has 162 valence electrons. The molecule has 2 aromatic rings. The Morgan fingerprint density at radius 2 is 1.73 bits per heavy atom. The molecule has 0 spiro atoms. The second kappa shape index (κ2) is 8.49. The fourth-order valence-electron chi connectivity index (χ4n) is 2.62. The Bertz CT molecular complexity index is 1030. The lowest BCUT2D eigenvalue weighted by Gasteiger charge is -2.31. The summed E-state index contributed by atoms with van der Waals surface area (Å²) in [4.78, 5) is 2.92. The lowest BCUT2D eigenvalue weighted by Crippen LogP contribution is -2.42. The highest BCUT2D eigenvalue weighted by Crippen LogP contribution is 2.41. The normalized spacial score (nSPS) is 13.7. The topological polar surface area (TPSA) is 83.3 Å². The maximum atomic E-state index is 13.8. The van der Waals surface area contributed by atoms with Crippen molar-refractivity contribution in [1.29, 1.82) is 5.26 Å². The highest BCUT2D eigenvalue weighted by Gasteiger charge is 2.49. The van der Waals surface area contributed by atoms with Gasteiger partial charge in [0.2, 0.25) is 10.0 Å². The van der Waals surface area contributed by atoms with Crippen LogP contribution < -0.4 is 4.74 Å². The van der Waals surface area contributed by atoms with Gasteiger partial charge in [0.1, 0.15) is 22.8 Å².